The summed E-state index contributed by atoms with van der Waals surface area (Å²) in [7, 11) is 0. The van der Waals surface area contributed by atoms with Crippen LogP contribution in [0.2, 0.25) is 0 Å². The quantitative estimate of drug-likeness (QED) is 0.468. The highest BCUT2D eigenvalue weighted by Crippen LogP contribution is 2.18. The average molecular weight is 397 g/mol. The van der Waals surface area contributed by atoms with Crippen LogP contribution in [0.25, 0.3) is 5.69 Å². The van der Waals surface area contributed by atoms with Gasteiger partial charge in [0, 0.05) is 26.2 Å². The first-order valence-electron chi connectivity index (χ1n) is 9.11. The van der Waals surface area contributed by atoms with E-state index in [-0.39, 0.29) is 11.7 Å². The predicted octanol–water partition coefficient (Wildman–Crippen LogP) is 1.43. The summed E-state index contributed by atoms with van der Waals surface area (Å²) in [6, 6.07) is 10.5. The maximum absolute atomic E-state index is 12.5. The Bertz CT molecular complexity index is 1020. The normalized spacial score (nSPS) is 14.9. The van der Waals surface area contributed by atoms with Crippen molar-refractivity contribution in [3.05, 3.63) is 63.7 Å². The van der Waals surface area contributed by atoms with Crippen LogP contribution in [0.5, 0.6) is 0 Å². The lowest BCUT2D eigenvalue weighted by Crippen LogP contribution is -2.48. The standard InChI is InChI=1S/C18H19N7O4/c1-13-2-4-14(5-3-13)24-16(19-20-21-24)12-22-8-10-23(11-9-22)18(26)15-6-7-17(29-15)25(27)28/h2-7H,8-12H2,1H3. The molecular weight excluding hydrogens is 378 g/mol. The van der Waals surface area contributed by atoms with E-state index >= 15 is 0 Å². The third-order valence-electron chi connectivity index (χ3n) is 4.82. The Balaban J connectivity index is 1.37. The number of amides is 1. The van der Waals surface area contributed by atoms with Crippen LogP contribution in [-0.2, 0) is 6.54 Å². The molecule has 0 saturated carbocycles. The predicted molar refractivity (Wildman–Crippen MR) is 100 cm³/mol. The molecule has 0 atom stereocenters. The molecule has 1 amide bonds. The van der Waals surface area contributed by atoms with Crippen molar-refractivity contribution in [3.63, 3.8) is 0 Å². The van der Waals surface area contributed by atoms with Crippen molar-refractivity contribution in [1.29, 1.82) is 0 Å². The van der Waals surface area contributed by atoms with Crippen LogP contribution in [0.4, 0.5) is 5.88 Å². The summed E-state index contributed by atoms with van der Waals surface area (Å²) in [4.78, 5) is 26.3. The average Bonchev–Trinajstić information content (AvgIpc) is 3.39. The monoisotopic (exact) mass is 397 g/mol. The lowest BCUT2D eigenvalue weighted by Gasteiger charge is -2.33. The fourth-order valence-electron chi connectivity index (χ4n) is 3.20. The molecule has 3 aromatic rings. The number of hydrogen-bond donors (Lipinski definition) is 0. The number of hydrogen-bond acceptors (Lipinski definition) is 8. The molecule has 1 aliphatic rings. The van der Waals surface area contributed by atoms with Crippen LogP contribution < -0.4 is 0 Å². The Labute approximate surface area is 165 Å². The van der Waals surface area contributed by atoms with E-state index in [0.29, 0.717) is 32.7 Å². The van der Waals surface area contributed by atoms with Gasteiger partial charge in [-0.3, -0.25) is 19.8 Å². The summed E-state index contributed by atoms with van der Waals surface area (Å²) in [6.07, 6.45) is 0. The van der Waals surface area contributed by atoms with Crippen molar-refractivity contribution in [2.75, 3.05) is 26.2 Å². The van der Waals surface area contributed by atoms with Gasteiger partial charge in [-0.05, 0) is 35.5 Å². The third kappa shape index (κ3) is 3.99. The second kappa shape index (κ2) is 7.80. The fourth-order valence-corrected chi connectivity index (χ4v) is 3.20. The van der Waals surface area contributed by atoms with Gasteiger partial charge >= 0.3 is 5.88 Å². The number of furan rings is 1. The summed E-state index contributed by atoms with van der Waals surface area (Å²) in [6.45, 7) is 4.81. The molecule has 0 bridgehead atoms. The van der Waals surface area contributed by atoms with Crippen molar-refractivity contribution < 1.29 is 14.1 Å². The maximum atomic E-state index is 12.5. The Kier molecular flexibility index (Phi) is 5.04. The van der Waals surface area contributed by atoms with Gasteiger partial charge in [0.15, 0.2) is 11.6 Å². The molecule has 0 aliphatic carbocycles. The van der Waals surface area contributed by atoms with Gasteiger partial charge in [0.1, 0.15) is 4.92 Å². The van der Waals surface area contributed by atoms with Gasteiger partial charge in [-0.25, -0.2) is 0 Å². The Morgan fingerprint density at radius 3 is 2.52 bits per heavy atom. The number of nitro groups is 1. The Hall–Kier alpha value is -3.60. The molecule has 1 fully saturated rings. The molecule has 2 aromatic heterocycles. The minimum atomic E-state index is -0.660. The summed E-state index contributed by atoms with van der Waals surface area (Å²) in [5.41, 5.74) is 2.05. The van der Waals surface area contributed by atoms with Gasteiger partial charge in [0.25, 0.3) is 5.91 Å². The molecular formula is C18H19N7O4. The van der Waals surface area contributed by atoms with Gasteiger partial charge in [-0.2, -0.15) is 4.68 Å². The topological polar surface area (TPSA) is 123 Å². The third-order valence-corrected chi connectivity index (χ3v) is 4.82. The van der Waals surface area contributed by atoms with Crippen LogP contribution in [0, 0.1) is 17.0 Å². The summed E-state index contributed by atoms with van der Waals surface area (Å²) >= 11 is 0. The zero-order valence-electron chi connectivity index (χ0n) is 15.8. The van der Waals surface area contributed by atoms with Crippen LogP contribution in [0.3, 0.4) is 0 Å². The van der Waals surface area contributed by atoms with Crippen molar-refractivity contribution in [2.45, 2.75) is 13.5 Å². The van der Waals surface area contributed by atoms with E-state index < -0.39 is 10.8 Å². The van der Waals surface area contributed by atoms with Crippen LogP contribution in [-0.4, -0.2) is 67.0 Å². The number of tetrazole rings is 1. The highest BCUT2D eigenvalue weighted by molar-refractivity contribution is 5.91. The molecule has 0 N–H and O–H groups in total. The number of benzene rings is 1. The second-order valence-electron chi connectivity index (χ2n) is 6.81. The Morgan fingerprint density at radius 2 is 1.86 bits per heavy atom. The smallest absolute Gasteiger partial charge is 0.395 e. The van der Waals surface area contributed by atoms with Crippen molar-refractivity contribution in [2.24, 2.45) is 0 Å². The summed E-state index contributed by atoms with van der Waals surface area (Å²) < 4.78 is 6.72. The second-order valence-corrected chi connectivity index (χ2v) is 6.81. The number of rotatable bonds is 5. The van der Waals surface area contributed by atoms with Crippen molar-refractivity contribution in [1.82, 2.24) is 30.0 Å². The number of carbonyl (C=O) groups excluding carboxylic acids is 1. The number of piperazine rings is 1. The first-order valence-corrected chi connectivity index (χ1v) is 9.11. The molecule has 4 rings (SSSR count). The number of nitrogens with zero attached hydrogens (tertiary/aromatic N) is 7. The van der Waals surface area contributed by atoms with Crippen molar-refractivity contribution in [3.8, 4) is 5.69 Å². The minimum absolute atomic E-state index is 0.0199. The highest BCUT2D eigenvalue weighted by atomic mass is 16.6. The molecule has 3 heterocycles. The fraction of sp³-hybridized carbons (Fsp3) is 0.333. The lowest BCUT2D eigenvalue weighted by molar-refractivity contribution is -0.402. The van der Waals surface area contributed by atoms with E-state index in [1.54, 1.807) is 9.58 Å². The van der Waals surface area contributed by atoms with Gasteiger partial charge < -0.3 is 9.32 Å². The highest BCUT2D eigenvalue weighted by Gasteiger charge is 2.26. The van der Waals surface area contributed by atoms with E-state index in [0.717, 1.165) is 17.1 Å². The molecule has 11 heteroatoms. The Morgan fingerprint density at radius 1 is 1.14 bits per heavy atom. The largest absolute Gasteiger partial charge is 0.433 e. The van der Waals surface area contributed by atoms with E-state index in [2.05, 4.69) is 20.4 Å². The van der Waals surface area contributed by atoms with Crippen LogP contribution >= 0.6 is 0 Å². The van der Waals surface area contributed by atoms with Gasteiger partial charge in [0.05, 0.1) is 18.3 Å². The zero-order chi connectivity index (χ0) is 20.4. The SMILES string of the molecule is Cc1ccc(-n2nnnc2CN2CCN(C(=O)c3ccc([N+](=O)[O-])o3)CC2)cc1. The maximum Gasteiger partial charge on any atom is 0.433 e. The van der Waals surface area contributed by atoms with Gasteiger partial charge in [0.2, 0.25) is 0 Å². The van der Waals surface area contributed by atoms with Crippen molar-refractivity contribution >= 4 is 11.8 Å². The first-order chi connectivity index (χ1) is 14.0. The van der Waals surface area contributed by atoms with Gasteiger partial charge in [-0.15, -0.1) is 5.10 Å². The van der Waals surface area contributed by atoms with Gasteiger partial charge in [-0.1, -0.05) is 17.7 Å². The molecule has 0 spiro atoms. The molecule has 0 unspecified atom stereocenters. The van der Waals surface area contributed by atoms with Crippen LogP contribution in [0.1, 0.15) is 21.9 Å². The zero-order valence-corrected chi connectivity index (χ0v) is 15.8. The molecule has 29 heavy (non-hydrogen) atoms. The number of aromatic nitrogens is 4. The molecule has 1 aromatic carbocycles. The molecule has 11 nitrogen and oxygen atoms in total. The summed E-state index contributed by atoms with van der Waals surface area (Å²) in [5, 5.41) is 22.7. The lowest BCUT2D eigenvalue weighted by atomic mass is 10.2. The minimum Gasteiger partial charge on any atom is -0.395 e. The molecule has 1 aliphatic heterocycles. The van der Waals surface area contributed by atoms with E-state index in [1.807, 2.05) is 31.2 Å². The van der Waals surface area contributed by atoms with E-state index in [1.165, 1.54) is 12.1 Å². The molecule has 150 valence electrons. The molecule has 1 saturated heterocycles. The number of aryl methyl sites for hydroxylation is 1. The summed E-state index contributed by atoms with van der Waals surface area (Å²) in [5.74, 6) is -0.0825. The van der Waals surface area contributed by atoms with E-state index in [4.69, 9.17) is 4.42 Å². The van der Waals surface area contributed by atoms with Crippen LogP contribution in [0.15, 0.2) is 40.8 Å². The number of carbonyl (C=O) groups is 1. The van der Waals surface area contributed by atoms with E-state index in [9.17, 15) is 14.9 Å². The first kappa shape index (κ1) is 18.7. The molecule has 0 radical (unpaired) electrons.